The van der Waals surface area contributed by atoms with Gasteiger partial charge in [-0.25, -0.2) is 9.78 Å². The Labute approximate surface area is 107 Å². The summed E-state index contributed by atoms with van der Waals surface area (Å²) < 4.78 is 41.7. The zero-order valence-electron chi connectivity index (χ0n) is 10.1. The number of alkyl halides is 3. The number of carbonyl (C=O) groups is 1. The van der Waals surface area contributed by atoms with Crippen molar-refractivity contribution in [1.82, 2.24) is 4.98 Å². The van der Waals surface area contributed by atoms with Crippen molar-refractivity contribution in [1.29, 1.82) is 0 Å². The minimum atomic E-state index is -4.41. The van der Waals surface area contributed by atoms with Crippen molar-refractivity contribution in [3.63, 3.8) is 0 Å². The first kappa shape index (κ1) is 15.2. The number of nitrogens with zero attached hydrogens (tertiary/aromatic N) is 2. The highest BCUT2D eigenvalue weighted by atomic mass is 19.4. The second-order valence-electron chi connectivity index (χ2n) is 3.65. The lowest BCUT2D eigenvalue weighted by Gasteiger charge is -2.25. The number of hydrogen-bond acceptors (Lipinski definition) is 5. The van der Waals surface area contributed by atoms with Crippen LogP contribution in [0.5, 0.6) is 0 Å². The van der Waals surface area contributed by atoms with Crippen LogP contribution in [-0.4, -0.2) is 49.0 Å². The molecule has 1 aromatic heterocycles. The molecule has 1 heterocycles. The van der Waals surface area contributed by atoms with Crippen molar-refractivity contribution >= 4 is 11.7 Å². The van der Waals surface area contributed by atoms with Gasteiger partial charge in [-0.05, 0) is 12.1 Å². The van der Waals surface area contributed by atoms with E-state index in [1.807, 2.05) is 0 Å². The van der Waals surface area contributed by atoms with Crippen LogP contribution < -0.4 is 4.90 Å². The van der Waals surface area contributed by atoms with Gasteiger partial charge in [0, 0.05) is 18.4 Å². The Morgan fingerprint density at radius 2 is 2.21 bits per heavy atom. The number of esters is 1. The largest absolute Gasteiger partial charge is 0.464 e. The van der Waals surface area contributed by atoms with E-state index < -0.39 is 25.3 Å². The van der Waals surface area contributed by atoms with E-state index >= 15 is 0 Å². The van der Waals surface area contributed by atoms with Gasteiger partial charge in [0.2, 0.25) is 0 Å². The lowest BCUT2D eigenvalue weighted by atomic mass is 10.2. The Bertz CT molecular complexity index is 437. The van der Waals surface area contributed by atoms with E-state index in [4.69, 9.17) is 5.11 Å². The SMILES string of the molecule is COC(=O)c1cc(N(CCO)CC(F)(F)F)ccn1. The summed E-state index contributed by atoms with van der Waals surface area (Å²) in [5, 5.41) is 8.80. The van der Waals surface area contributed by atoms with Gasteiger partial charge in [0.1, 0.15) is 12.2 Å². The molecule has 0 aliphatic heterocycles. The summed E-state index contributed by atoms with van der Waals surface area (Å²) in [6.07, 6.45) is -3.20. The van der Waals surface area contributed by atoms with Gasteiger partial charge >= 0.3 is 12.1 Å². The average Bonchev–Trinajstić information content (AvgIpc) is 2.36. The fourth-order valence-electron chi connectivity index (χ4n) is 1.47. The number of carbonyl (C=O) groups excluding carboxylic acids is 1. The fraction of sp³-hybridized carbons (Fsp3) is 0.455. The van der Waals surface area contributed by atoms with Crippen molar-refractivity contribution in [2.45, 2.75) is 6.18 Å². The molecule has 1 N–H and O–H groups in total. The topological polar surface area (TPSA) is 62.7 Å². The maximum Gasteiger partial charge on any atom is 0.405 e. The van der Waals surface area contributed by atoms with E-state index in [1.54, 1.807) is 0 Å². The summed E-state index contributed by atoms with van der Waals surface area (Å²) in [5.74, 6) is -0.738. The Morgan fingerprint density at radius 1 is 1.53 bits per heavy atom. The van der Waals surface area contributed by atoms with Crippen molar-refractivity contribution in [3.8, 4) is 0 Å². The quantitative estimate of drug-likeness (QED) is 0.821. The van der Waals surface area contributed by atoms with Gasteiger partial charge in [0.05, 0.1) is 13.7 Å². The second kappa shape index (κ2) is 6.37. The molecule has 8 heteroatoms. The second-order valence-corrected chi connectivity index (χ2v) is 3.65. The molecule has 1 aromatic rings. The summed E-state index contributed by atoms with van der Waals surface area (Å²) in [7, 11) is 1.15. The number of hydrogen-bond donors (Lipinski definition) is 1. The molecule has 19 heavy (non-hydrogen) atoms. The molecule has 0 radical (unpaired) electrons. The van der Waals surface area contributed by atoms with E-state index in [2.05, 4.69) is 9.72 Å². The average molecular weight is 278 g/mol. The molecule has 0 fully saturated rings. The third kappa shape index (κ3) is 4.74. The maximum atomic E-state index is 12.4. The summed E-state index contributed by atoms with van der Waals surface area (Å²) >= 11 is 0. The molecule has 0 bridgehead atoms. The number of halogens is 3. The first-order valence-corrected chi connectivity index (χ1v) is 5.34. The predicted octanol–water partition coefficient (Wildman–Crippen LogP) is 1.23. The molecular weight excluding hydrogens is 265 g/mol. The number of anilines is 1. The maximum absolute atomic E-state index is 12.4. The zero-order chi connectivity index (χ0) is 14.5. The molecule has 1 rings (SSSR count). The Kier molecular flexibility index (Phi) is 5.11. The van der Waals surface area contributed by atoms with E-state index in [1.165, 1.54) is 18.3 Å². The van der Waals surface area contributed by atoms with Crippen LogP contribution >= 0.6 is 0 Å². The minimum absolute atomic E-state index is 0.0925. The van der Waals surface area contributed by atoms with Crippen LogP contribution in [0.4, 0.5) is 18.9 Å². The molecule has 0 atom stereocenters. The standard InChI is InChI=1S/C11H13F3N2O3/c1-19-10(18)9-6-8(2-3-15-9)16(4-5-17)7-11(12,13)14/h2-3,6,17H,4-5,7H2,1H3. The van der Waals surface area contributed by atoms with Gasteiger partial charge in [-0.15, -0.1) is 0 Å². The van der Waals surface area contributed by atoms with Gasteiger partial charge < -0.3 is 14.7 Å². The molecule has 0 spiro atoms. The van der Waals surface area contributed by atoms with Gasteiger partial charge in [0.15, 0.2) is 0 Å². The molecule has 0 aromatic carbocycles. The molecule has 0 saturated heterocycles. The number of aromatic nitrogens is 1. The molecule has 0 unspecified atom stereocenters. The van der Waals surface area contributed by atoms with Crippen LogP contribution in [0, 0.1) is 0 Å². The zero-order valence-corrected chi connectivity index (χ0v) is 10.1. The Hall–Kier alpha value is -1.83. The van der Waals surface area contributed by atoms with E-state index in [0.29, 0.717) is 0 Å². The Balaban J connectivity index is 2.99. The first-order valence-electron chi connectivity index (χ1n) is 5.34. The predicted molar refractivity (Wildman–Crippen MR) is 60.9 cm³/mol. The highest BCUT2D eigenvalue weighted by Crippen LogP contribution is 2.22. The first-order chi connectivity index (χ1) is 8.87. The fourth-order valence-corrected chi connectivity index (χ4v) is 1.47. The third-order valence-corrected chi connectivity index (χ3v) is 2.24. The van der Waals surface area contributed by atoms with Crippen molar-refractivity contribution in [3.05, 3.63) is 24.0 Å². The molecule has 5 nitrogen and oxygen atoms in total. The number of aliphatic hydroxyl groups excluding tert-OH is 1. The monoisotopic (exact) mass is 278 g/mol. The number of pyridine rings is 1. The minimum Gasteiger partial charge on any atom is -0.464 e. The molecule has 0 aliphatic rings. The summed E-state index contributed by atoms with van der Waals surface area (Å²) in [6.45, 7) is -1.87. The Morgan fingerprint density at radius 3 is 2.74 bits per heavy atom. The van der Waals surface area contributed by atoms with Gasteiger partial charge in [-0.3, -0.25) is 0 Å². The lowest BCUT2D eigenvalue weighted by molar-refractivity contribution is -0.119. The highest BCUT2D eigenvalue weighted by molar-refractivity contribution is 5.88. The van der Waals surface area contributed by atoms with Crippen LogP contribution in [-0.2, 0) is 4.74 Å². The van der Waals surface area contributed by atoms with E-state index in [0.717, 1.165) is 12.0 Å². The molecule has 0 amide bonds. The van der Waals surface area contributed by atoms with E-state index in [9.17, 15) is 18.0 Å². The van der Waals surface area contributed by atoms with Crippen molar-refractivity contribution in [2.24, 2.45) is 0 Å². The van der Waals surface area contributed by atoms with Gasteiger partial charge in [0.25, 0.3) is 0 Å². The normalized spacial score (nSPS) is 11.2. The number of aliphatic hydroxyl groups is 1. The number of rotatable bonds is 5. The van der Waals surface area contributed by atoms with Crippen LogP contribution in [0.3, 0.4) is 0 Å². The highest BCUT2D eigenvalue weighted by Gasteiger charge is 2.31. The molecule has 0 aliphatic carbocycles. The lowest BCUT2D eigenvalue weighted by Crippen LogP contribution is -2.36. The van der Waals surface area contributed by atoms with Crippen LogP contribution in [0.25, 0.3) is 0 Å². The number of ether oxygens (including phenoxy) is 1. The third-order valence-electron chi connectivity index (χ3n) is 2.24. The van der Waals surface area contributed by atoms with Gasteiger partial charge in [-0.2, -0.15) is 13.2 Å². The summed E-state index contributed by atoms with van der Waals surface area (Å²) in [4.78, 5) is 15.9. The summed E-state index contributed by atoms with van der Waals surface area (Å²) in [5.41, 5.74) is 0.0480. The van der Waals surface area contributed by atoms with Crippen LogP contribution in [0.15, 0.2) is 18.3 Å². The van der Waals surface area contributed by atoms with Gasteiger partial charge in [-0.1, -0.05) is 0 Å². The summed E-state index contributed by atoms with van der Waals surface area (Å²) in [6, 6.07) is 2.51. The van der Waals surface area contributed by atoms with Crippen LogP contribution in [0.2, 0.25) is 0 Å². The molecule has 0 saturated carbocycles. The van der Waals surface area contributed by atoms with Crippen molar-refractivity contribution in [2.75, 3.05) is 31.7 Å². The van der Waals surface area contributed by atoms with E-state index in [-0.39, 0.29) is 17.9 Å². The number of methoxy groups -OCH3 is 1. The molecular formula is C11H13F3N2O3. The van der Waals surface area contributed by atoms with Crippen LogP contribution in [0.1, 0.15) is 10.5 Å². The smallest absolute Gasteiger partial charge is 0.405 e. The molecule has 106 valence electrons. The van der Waals surface area contributed by atoms with Crippen molar-refractivity contribution < 1.29 is 27.8 Å².